The summed E-state index contributed by atoms with van der Waals surface area (Å²) in [6.07, 6.45) is 1.90. The van der Waals surface area contributed by atoms with Gasteiger partial charge < -0.3 is 20.3 Å². The molecule has 2 aromatic heterocycles. The molecule has 10 heteroatoms. The van der Waals surface area contributed by atoms with E-state index >= 15 is 0 Å². The molecule has 1 amide bonds. The molecule has 2 aromatic rings. The van der Waals surface area contributed by atoms with Gasteiger partial charge in [0.25, 0.3) is 5.91 Å². The molecule has 0 radical (unpaired) electrons. The first-order valence-corrected chi connectivity index (χ1v) is 10.7. The van der Waals surface area contributed by atoms with E-state index in [2.05, 4.69) is 15.7 Å². The van der Waals surface area contributed by atoms with Gasteiger partial charge in [0.15, 0.2) is 5.11 Å². The molecular formula is C19H27N5O3S2. The Labute approximate surface area is 180 Å². The Hall–Kier alpha value is -2.46. The maximum absolute atomic E-state index is 12.8. The van der Waals surface area contributed by atoms with Crippen LogP contribution in [0.5, 0.6) is 0 Å². The minimum atomic E-state index is -0.510. The molecule has 0 fully saturated rings. The van der Waals surface area contributed by atoms with Crippen molar-refractivity contribution in [1.82, 2.24) is 20.0 Å². The van der Waals surface area contributed by atoms with Gasteiger partial charge >= 0.3 is 5.97 Å². The highest BCUT2D eigenvalue weighted by molar-refractivity contribution is 7.80. The van der Waals surface area contributed by atoms with Crippen molar-refractivity contribution in [2.45, 2.75) is 40.8 Å². The van der Waals surface area contributed by atoms with Gasteiger partial charge in [0.1, 0.15) is 5.00 Å². The number of hydrogen-bond donors (Lipinski definition) is 2. The molecule has 2 heterocycles. The van der Waals surface area contributed by atoms with Crippen LogP contribution in [-0.2, 0) is 17.8 Å². The monoisotopic (exact) mass is 437 g/mol. The maximum Gasteiger partial charge on any atom is 0.341 e. The second kappa shape index (κ2) is 10.4. The van der Waals surface area contributed by atoms with Gasteiger partial charge in [-0.2, -0.15) is 5.10 Å². The average Bonchev–Trinajstić information content (AvgIpc) is 3.31. The predicted octanol–water partition coefficient (Wildman–Crippen LogP) is 3.03. The number of rotatable bonds is 8. The molecule has 2 N–H and O–H groups in total. The van der Waals surface area contributed by atoms with Crippen LogP contribution in [0.25, 0.3) is 0 Å². The van der Waals surface area contributed by atoms with Crippen LogP contribution in [0.4, 0.5) is 5.00 Å². The van der Waals surface area contributed by atoms with Crippen molar-refractivity contribution < 1.29 is 14.3 Å². The number of aromatic nitrogens is 2. The van der Waals surface area contributed by atoms with E-state index in [0.29, 0.717) is 45.8 Å². The number of ether oxygens (including phenoxy) is 1. The highest BCUT2D eigenvalue weighted by Gasteiger charge is 2.27. The molecule has 0 saturated carbocycles. The number of carbonyl (C=O) groups excluding carboxylic acids is 2. The van der Waals surface area contributed by atoms with Crippen molar-refractivity contribution in [2.75, 3.05) is 25.5 Å². The minimum absolute atomic E-state index is 0.111. The quantitative estimate of drug-likeness (QED) is 0.485. The predicted molar refractivity (Wildman–Crippen MR) is 119 cm³/mol. The van der Waals surface area contributed by atoms with Crippen LogP contribution in [0.1, 0.15) is 52.1 Å². The highest BCUT2D eigenvalue weighted by atomic mass is 32.1. The summed E-state index contributed by atoms with van der Waals surface area (Å²) in [5.74, 6) is -0.621. The van der Waals surface area contributed by atoms with Gasteiger partial charge in [-0.25, -0.2) is 4.79 Å². The van der Waals surface area contributed by atoms with Crippen molar-refractivity contribution in [3.05, 3.63) is 34.0 Å². The summed E-state index contributed by atoms with van der Waals surface area (Å²) < 4.78 is 6.75. The van der Waals surface area contributed by atoms with Crippen LogP contribution >= 0.6 is 23.6 Å². The van der Waals surface area contributed by atoms with Gasteiger partial charge in [0, 0.05) is 25.8 Å². The number of thiophene rings is 1. The number of esters is 1. The van der Waals surface area contributed by atoms with E-state index in [1.807, 2.05) is 37.7 Å². The lowest BCUT2D eigenvalue weighted by Gasteiger charge is -2.17. The van der Waals surface area contributed by atoms with E-state index in [4.69, 9.17) is 17.0 Å². The molecule has 0 spiro atoms. The third-order valence-electron chi connectivity index (χ3n) is 4.46. The summed E-state index contributed by atoms with van der Waals surface area (Å²) in [6, 6.07) is 1.91. The largest absolute Gasteiger partial charge is 0.465 e. The van der Waals surface area contributed by atoms with Crippen molar-refractivity contribution in [2.24, 2.45) is 0 Å². The van der Waals surface area contributed by atoms with Crippen LogP contribution in [0.2, 0.25) is 0 Å². The van der Waals surface area contributed by atoms with Gasteiger partial charge in [-0.3, -0.25) is 9.48 Å². The lowest BCUT2D eigenvalue weighted by atomic mass is 10.1. The molecule has 0 saturated heterocycles. The summed E-state index contributed by atoms with van der Waals surface area (Å²) in [5.41, 5.74) is 1.77. The molecule has 0 aromatic carbocycles. The van der Waals surface area contributed by atoms with Crippen LogP contribution in [0.3, 0.4) is 0 Å². The van der Waals surface area contributed by atoms with Gasteiger partial charge in [0.05, 0.1) is 29.8 Å². The van der Waals surface area contributed by atoms with Crippen molar-refractivity contribution >= 4 is 45.5 Å². The molecule has 8 nitrogen and oxygen atoms in total. The van der Waals surface area contributed by atoms with E-state index in [9.17, 15) is 9.59 Å². The number of carbonyl (C=O) groups is 2. The smallest absolute Gasteiger partial charge is 0.341 e. The SMILES string of the molecule is CCN(CC)C(=O)c1sc(NC(=S)NCc2ccn(CC)n2)c(C(=O)OC)c1C. The summed E-state index contributed by atoms with van der Waals surface area (Å²) in [5, 5.41) is 11.3. The molecule has 0 aliphatic heterocycles. The van der Waals surface area contributed by atoms with Gasteiger partial charge in [0.2, 0.25) is 0 Å². The zero-order chi connectivity index (χ0) is 21.6. The fraction of sp³-hybridized carbons (Fsp3) is 0.474. The number of anilines is 1. The zero-order valence-electron chi connectivity index (χ0n) is 17.4. The summed E-state index contributed by atoms with van der Waals surface area (Å²) >= 11 is 6.57. The standard InChI is InChI=1S/C19H27N5O3S2/c1-6-23(7-2)17(25)15-12(4)14(18(26)27-5)16(29-15)21-19(28)20-11-13-9-10-24(8-3)22-13/h9-10H,6-8,11H2,1-5H3,(H2,20,21,28). The van der Waals surface area contributed by atoms with Gasteiger partial charge in [-0.15, -0.1) is 11.3 Å². The Balaban J connectivity index is 2.21. The Kier molecular flexibility index (Phi) is 8.15. The van der Waals surface area contributed by atoms with E-state index in [0.717, 1.165) is 12.2 Å². The number of thiocarbonyl (C=S) groups is 1. The molecule has 0 atom stereocenters. The number of nitrogens with one attached hydrogen (secondary N) is 2. The molecule has 0 unspecified atom stereocenters. The minimum Gasteiger partial charge on any atom is -0.465 e. The lowest BCUT2D eigenvalue weighted by molar-refractivity contribution is 0.0601. The first-order valence-electron chi connectivity index (χ1n) is 9.44. The average molecular weight is 438 g/mol. The van der Waals surface area contributed by atoms with Crippen LogP contribution in [0, 0.1) is 6.92 Å². The van der Waals surface area contributed by atoms with E-state index in [-0.39, 0.29) is 5.91 Å². The van der Waals surface area contributed by atoms with Gasteiger partial charge in [-0.05, 0) is 51.5 Å². The fourth-order valence-corrected chi connectivity index (χ4v) is 4.21. The number of hydrogen-bond acceptors (Lipinski definition) is 6. The summed E-state index contributed by atoms with van der Waals surface area (Å²) in [6.45, 7) is 10.0. The second-order valence-corrected chi connectivity index (χ2v) is 7.63. The summed E-state index contributed by atoms with van der Waals surface area (Å²) in [4.78, 5) is 27.4. The zero-order valence-corrected chi connectivity index (χ0v) is 19.0. The first kappa shape index (κ1) is 22.8. The van der Waals surface area contributed by atoms with Crippen molar-refractivity contribution in [3.8, 4) is 0 Å². The molecular weight excluding hydrogens is 410 g/mol. The molecule has 158 valence electrons. The Morgan fingerprint density at radius 3 is 2.55 bits per heavy atom. The lowest BCUT2D eigenvalue weighted by Crippen LogP contribution is -2.30. The third-order valence-corrected chi connectivity index (χ3v) is 5.90. The van der Waals surface area contributed by atoms with E-state index in [1.54, 1.807) is 11.8 Å². The topological polar surface area (TPSA) is 88.5 Å². The number of aryl methyl sites for hydroxylation is 1. The maximum atomic E-state index is 12.8. The van der Waals surface area contributed by atoms with Crippen molar-refractivity contribution in [3.63, 3.8) is 0 Å². The molecule has 29 heavy (non-hydrogen) atoms. The molecule has 0 aliphatic carbocycles. The van der Waals surface area contributed by atoms with Crippen LogP contribution < -0.4 is 10.6 Å². The Bertz CT molecular complexity index is 887. The number of nitrogens with zero attached hydrogens (tertiary/aromatic N) is 3. The van der Waals surface area contributed by atoms with Crippen LogP contribution in [0.15, 0.2) is 12.3 Å². The third kappa shape index (κ3) is 5.33. The number of methoxy groups -OCH3 is 1. The molecule has 0 bridgehead atoms. The summed E-state index contributed by atoms with van der Waals surface area (Å²) in [7, 11) is 1.32. The second-order valence-electron chi connectivity index (χ2n) is 6.20. The number of amides is 1. The van der Waals surface area contributed by atoms with Crippen LogP contribution in [-0.4, -0.2) is 51.9 Å². The molecule has 0 aliphatic rings. The highest BCUT2D eigenvalue weighted by Crippen LogP contribution is 2.34. The molecule has 2 rings (SSSR count). The Morgan fingerprint density at radius 2 is 2.00 bits per heavy atom. The van der Waals surface area contributed by atoms with Crippen molar-refractivity contribution in [1.29, 1.82) is 0 Å². The Morgan fingerprint density at radius 1 is 1.31 bits per heavy atom. The first-order chi connectivity index (χ1) is 13.9. The van der Waals surface area contributed by atoms with E-state index < -0.39 is 5.97 Å². The van der Waals surface area contributed by atoms with Gasteiger partial charge in [-0.1, -0.05) is 0 Å². The fourth-order valence-electron chi connectivity index (χ4n) is 2.80. The normalized spacial score (nSPS) is 10.5. The van der Waals surface area contributed by atoms with E-state index in [1.165, 1.54) is 18.4 Å².